The molecule has 0 radical (unpaired) electrons. The molecule has 1 aliphatic rings. The van der Waals surface area contributed by atoms with Gasteiger partial charge in [0.15, 0.2) is 5.83 Å². The molecule has 110 valence electrons. The number of allylic oxidation sites excluding steroid dienone is 1. The molecule has 0 aromatic heterocycles. The Morgan fingerprint density at radius 3 is 2.79 bits per heavy atom. The van der Waals surface area contributed by atoms with E-state index >= 15 is 0 Å². The fourth-order valence-corrected chi connectivity index (χ4v) is 2.18. The van der Waals surface area contributed by atoms with E-state index in [9.17, 15) is 9.18 Å². The van der Waals surface area contributed by atoms with Gasteiger partial charge in [0.05, 0.1) is 6.61 Å². The van der Waals surface area contributed by atoms with Gasteiger partial charge in [0.1, 0.15) is 0 Å². The maximum atomic E-state index is 13.8. The summed E-state index contributed by atoms with van der Waals surface area (Å²) in [5, 5.41) is 2.66. The molecule has 1 amide bonds. The van der Waals surface area contributed by atoms with Crippen molar-refractivity contribution in [2.45, 2.75) is 52.4 Å². The number of ether oxygens (including phenoxy) is 1. The van der Waals surface area contributed by atoms with Crippen LogP contribution in [0.25, 0.3) is 0 Å². The first kappa shape index (κ1) is 16.2. The summed E-state index contributed by atoms with van der Waals surface area (Å²) in [6.45, 7) is 5.77. The molecule has 1 heterocycles. The number of carbonyl (C=O) groups is 1. The average Bonchev–Trinajstić information content (AvgIpc) is 2.93. The Labute approximate surface area is 115 Å². The van der Waals surface area contributed by atoms with Gasteiger partial charge in [-0.05, 0) is 31.8 Å². The fourth-order valence-electron chi connectivity index (χ4n) is 2.18. The highest BCUT2D eigenvalue weighted by atomic mass is 19.1. The summed E-state index contributed by atoms with van der Waals surface area (Å²) in [4.78, 5) is 11.6. The first-order valence-corrected chi connectivity index (χ1v) is 7.36. The summed E-state index contributed by atoms with van der Waals surface area (Å²) < 4.78 is 19.0. The summed E-state index contributed by atoms with van der Waals surface area (Å²) >= 11 is 0. The van der Waals surface area contributed by atoms with E-state index in [1.165, 1.54) is 6.42 Å². The van der Waals surface area contributed by atoms with Crippen LogP contribution in [0.15, 0.2) is 11.4 Å². The van der Waals surface area contributed by atoms with Gasteiger partial charge < -0.3 is 10.1 Å². The van der Waals surface area contributed by atoms with Crippen molar-refractivity contribution >= 4 is 5.91 Å². The van der Waals surface area contributed by atoms with Crippen LogP contribution in [0.2, 0.25) is 0 Å². The molecule has 0 saturated carbocycles. The highest BCUT2D eigenvalue weighted by molar-refractivity contribution is 5.91. The van der Waals surface area contributed by atoms with Gasteiger partial charge in [0.2, 0.25) is 0 Å². The molecule has 1 aliphatic heterocycles. The Kier molecular flexibility index (Phi) is 7.72. The predicted octanol–water partition coefficient (Wildman–Crippen LogP) is 3.35. The van der Waals surface area contributed by atoms with Crippen molar-refractivity contribution in [2.75, 3.05) is 19.8 Å². The van der Waals surface area contributed by atoms with Crippen LogP contribution >= 0.6 is 0 Å². The Balaban J connectivity index is 2.27. The largest absolute Gasteiger partial charge is 0.381 e. The second kappa shape index (κ2) is 9.08. The summed E-state index contributed by atoms with van der Waals surface area (Å²) in [5.41, 5.74) is 0.566. The van der Waals surface area contributed by atoms with Gasteiger partial charge in [0.25, 0.3) is 5.91 Å². The fraction of sp³-hybridized carbons (Fsp3) is 0.800. The summed E-state index contributed by atoms with van der Waals surface area (Å²) in [6.07, 6.45) is 6.00. The van der Waals surface area contributed by atoms with E-state index in [0.717, 1.165) is 32.3 Å². The zero-order chi connectivity index (χ0) is 14.1. The topological polar surface area (TPSA) is 38.3 Å². The van der Waals surface area contributed by atoms with Crippen LogP contribution in [-0.2, 0) is 9.53 Å². The van der Waals surface area contributed by atoms with E-state index in [0.29, 0.717) is 31.1 Å². The molecule has 19 heavy (non-hydrogen) atoms. The third-order valence-corrected chi connectivity index (χ3v) is 3.55. The SMILES string of the molecule is CCCCCC/C(C)=C(\F)C(=O)NCC1CCOC1. The minimum absolute atomic E-state index is 0.335. The predicted molar refractivity (Wildman–Crippen MR) is 74.5 cm³/mol. The van der Waals surface area contributed by atoms with Crippen LogP contribution in [-0.4, -0.2) is 25.7 Å². The Hall–Kier alpha value is -0.900. The number of unbranched alkanes of at least 4 members (excludes halogenated alkanes) is 3. The minimum atomic E-state index is -0.601. The molecule has 4 heteroatoms. The number of nitrogens with one attached hydrogen (secondary N) is 1. The van der Waals surface area contributed by atoms with Crippen LogP contribution in [0.3, 0.4) is 0 Å². The Morgan fingerprint density at radius 2 is 2.16 bits per heavy atom. The lowest BCUT2D eigenvalue weighted by Gasteiger charge is -2.09. The third-order valence-electron chi connectivity index (χ3n) is 3.55. The molecule has 1 atom stereocenters. The number of rotatable bonds is 8. The van der Waals surface area contributed by atoms with E-state index in [1.54, 1.807) is 6.92 Å². The van der Waals surface area contributed by atoms with Crippen LogP contribution < -0.4 is 5.32 Å². The van der Waals surface area contributed by atoms with Crippen LogP contribution in [0.4, 0.5) is 4.39 Å². The first-order valence-electron chi connectivity index (χ1n) is 7.36. The molecule has 1 N–H and O–H groups in total. The second-order valence-electron chi connectivity index (χ2n) is 5.34. The maximum absolute atomic E-state index is 13.8. The summed E-state index contributed by atoms with van der Waals surface area (Å²) in [6, 6.07) is 0. The molecule has 0 aliphatic carbocycles. The normalized spacial score (nSPS) is 20.3. The van der Waals surface area contributed by atoms with Gasteiger partial charge in [-0.15, -0.1) is 0 Å². The molecule has 1 fully saturated rings. The zero-order valence-corrected chi connectivity index (χ0v) is 12.1. The Bertz CT molecular complexity index is 309. The highest BCUT2D eigenvalue weighted by Crippen LogP contribution is 2.16. The Morgan fingerprint density at radius 1 is 1.37 bits per heavy atom. The average molecular weight is 271 g/mol. The monoisotopic (exact) mass is 271 g/mol. The van der Waals surface area contributed by atoms with E-state index in [4.69, 9.17) is 4.74 Å². The van der Waals surface area contributed by atoms with E-state index in [1.807, 2.05) is 0 Å². The van der Waals surface area contributed by atoms with Crippen molar-refractivity contribution in [1.82, 2.24) is 5.32 Å². The van der Waals surface area contributed by atoms with Crippen LogP contribution in [0.1, 0.15) is 52.4 Å². The molecule has 1 unspecified atom stereocenters. The van der Waals surface area contributed by atoms with Crippen molar-refractivity contribution in [3.05, 3.63) is 11.4 Å². The molecule has 0 spiro atoms. The molecule has 3 nitrogen and oxygen atoms in total. The number of hydrogen-bond donors (Lipinski definition) is 1. The quantitative estimate of drug-likeness (QED) is 0.543. The lowest BCUT2D eigenvalue weighted by Crippen LogP contribution is -2.30. The van der Waals surface area contributed by atoms with E-state index in [2.05, 4.69) is 12.2 Å². The van der Waals surface area contributed by atoms with Crippen molar-refractivity contribution in [3.63, 3.8) is 0 Å². The molecule has 0 aromatic rings. The van der Waals surface area contributed by atoms with Crippen molar-refractivity contribution < 1.29 is 13.9 Å². The number of amides is 1. The van der Waals surface area contributed by atoms with E-state index < -0.39 is 11.7 Å². The number of carbonyl (C=O) groups excluding carboxylic acids is 1. The minimum Gasteiger partial charge on any atom is -0.381 e. The smallest absolute Gasteiger partial charge is 0.279 e. The van der Waals surface area contributed by atoms with Gasteiger partial charge in [-0.1, -0.05) is 26.2 Å². The summed E-state index contributed by atoms with van der Waals surface area (Å²) in [5.74, 6) is -0.836. The summed E-state index contributed by atoms with van der Waals surface area (Å²) in [7, 11) is 0. The maximum Gasteiger partial charge on any atom is 0.279 e. The van der Waals surface area contributed by atoms with Crippen molar-refractivity contribution in [3.8, 4) is 0 Å². The molecule has 0 aromatic carbocycles. The van der Waals surface area contributed by atoms with Crippen LogP contribution in [0, 0.1) is 5.92 Å². The molecular weight excluding hydrogens is 245 g/mol. The zero-order valence-electron chi connectivity index (χ0n) is 12.1. The first-order chi connectivity index (χ1) is 9.15. The number of hydrogen-bond acceptors (Lipinski definition) is 2. The van der Waals surface area contributed by atoms with Gasteiger partial charge in [0, 0.05) is 19.1 Å². The number of halogens is 1. The highest BCUT2D eigenvalue weighted by Gasteiger charge is 2.18. The van der Waals surface area contributed by atoms with Gasteiger partial charge in [-0.25, -0.2) is 4.39 Å². The second-order valence-corrected chi connectivity index (χ2v) is 5.34. The van der Waals surface area contributed by atoms with Gasteiger partial charge in [-0.3, -0.25) is 4.79 Å². The molecule has 1 saturated heterocycles. The van der Waals surface area contributed by atoms with Gasteiger partial charge in [-0.2, -0.15) is 0 Å². The standard InChI is InChI=1S/C15H26FNO2/c1-3-4-5-6-7-12(2)14(16)15(18)17-10-13-8-9-19-11-13/h13H,3-11H2,1-2H3,(H,17,18)/b14-12-. The molecule has 0 bridgehead atoms. The van der Waals surface area contributed by atoms with Crippen molar-refractivity contribution in [1.29, 1.82) is 0 Å². The molecule has 1 rings (SSSR count). The van der Waals surface area contributed by atoms with Crippen LogP contribution in [0.5, 0.6) is 0 Å². The lowest BCUT2D eigenvalue weighted by atomic mass is 10.1. The van der Waals surface area contributed by atoms with Crippen molar-refractivity contribution in [2.24, 2.45) is 5.92 Å². The lowest BCUT2D eigenvalue weighted by molar-refractivity contribution is -0.119. The third kappa shape index (κ3) is 6.19. The van der Waals surface area contributed by atoms with E-state index in [-0.39, 0.29) is 0 Å². The molecular formula is C15H26FNO2. The van der Waals surface area contributed by atoms with Gasteiger partial charge >= 0.3 is 0 Å².